The fraction of sp³-hybridized carbons (Fsp3) is 0.714. The van der Waals surface area contributed by atoms with E-state index in [1.807, 2.05) is 31.9 Å². The van der Waals surface area contributed by atoms with E-state index < -0.39 is 5.60 Å². The minimum atomic E-state index is -0.476. The monoisotopic (exact) mass is 642 g/mol. The molecule has 3 heterocycles. The number of carbonyl (C=O) groups excluding carboxylic acids is 1. The quantitative estimate of drug-likeness (QED) is 0.239. The molecule has 1 N–H and O–H groups in total. The molecule has 1 aromatic heterocycles. The highest BCUT2D eigenvalue weighted by Crippen LogP contribution is 2.35. The molecular formula is C35H58N6O3S. The highest BCUT2D eigenvalue weighted by Gasteiger charge is 2.35. The molecule has 252 valence electrons. The Balaban J connectivity index is 1.39. The number of piperazine rings is 1. The second-order valence-electron chi connectivity index (χ2n) is 14.0. The number of amides is 1. The third-order valence-corrected chi connectivity index (χ3v) is 10.1. The summed E-state index contributed by atoms with van der Waals surface area (Å²) in [4.78, 5) is 28.3. The van der Waals surface area contributed by atoms with Crippen molar-refractivity contribution in [1.29, 1.82) is 0 Å². The Hall–Kier alpha value is -2.72. The average Bonchev–Trinajstić information content (AvgIpc) is 3.44. The largest absolute Gasteiger partial charge is 0.501 e. The Morgan fingerprint density at radius 2 is 1.69 bits per heavy atom. The van der Waals surface area contributed by atoms with Gasteiger partial charge in [-0.05, 0) is 77.7 Å². The van der Waals surface area contributed by atoms with Gasteiger partial charge in [-0.2, -0.15) is 0 Å². The van der Waals surface area contributed by atoms with Gasteiger partial charge in [0.25, 0.3) is 0 Å². The first-order chi connectivity index (χ1) is 21.5. The van der Waals surface area contributed by atoms with E-state index in [0.717, 1.165) is 87.6 Å². The van der Waals surface area contributed by atoms with Crippen molar-refractivity contribution >= 4 is 22.6 Å². The van der Waals surface area contributed by atoms with Gasteiger partial charge in [-0.15, -0.1) is 11.3 Å². The van der Waals surface area contributed by atoms with E-state index in [1.165, 1.54) is 36.4 Å². The Labute approximate surface area is 276 Å². The minimum Gasteiger partial charge on any atom is -0.501 e. The molecule has 1 amide bonds. The molecule has 2 saturated heterocycles. The van der Waals surface area contributed by atoms with Crippen molar-refractivity contribution < 1.29 is 14.3 Å². The average molecular weight is 643 g/mol. The van der Waals surface area contributed by atoms with Crippen LogP contribution in [-0.4, -0.2) is 94.7 Å². The molecule has 0 atom stereocenters. The number of piperidine rings is 1. The van der Waals surface area contributed by atoms with E-state index in [1.54, 1.807) is 18.4 Å². The van der Waals surface area contributed by atoms with Gasteiger partial charge >= 0.3 is 6.09 Å². The number of hydrogen-bond acceptors (Lipinski definition) is 9. The van der Waals surface area contributed by atoms with Crippen LogP contribution in [0.5, 0.6) is 0 Å². The number of aromatic nitrogens is 1. The first kappa shape index (κ1) is 35.1. The maximum absolute atomic E-state index is 12.8. The molecule has 0 radical (unpaired) electrons. The van der Waals surface area contributed by atoms with Gasteiger partial charge in [0.2, 0.25) is 0 Å². The zero-order valence-corrected chi connectivity index (χ0v) is 29.6. The van der Waals surface area contributed by atoms with Gasteiger partial charge in [0, 0.05) is 81.1 Å². The van der Waals surface area contributed by atoms with Gasteiger partial charge in [0.15, 0.2) is 5.13 Å². The topological polar surface area (TPSA) is 73.4 Å². The predicted molar refractivity (Wildman–Crippen MR) is 185 cm³/mol. The van der Waals surface area contributed by atoms with Crippen LogP contribution >= 0.6 is 11.3 Å². The van der Waals surface area contributed by atoms with E-state index in [4.69, 9.17) is 14.5 Å². The number of anilines is 1. The molecule has 0 aromatic carbocycles. The lowest BCUT2D eigenvalue weighted by Crippen LogP contribution is -2.52. The van der Waals surface area contributed by atoms with Crippen molar-refractivity contribution in [2.45, 2.75) is 110 Å². The van der Waals surface area contributed by atoms with E-state index >= 15 is 0 Å². The summed E-state index contributed by atoms with van der Waals surface area (Å²) in [6, 6.07) is 0.870. The van der Waals surface area contributed by atoms with Crippen LogP contribution in [0.1, 0.15) is 90.9 Å². The SMILES string of the molecule is C=C(CC(=C)N1CCN(Cc2cnc(N/C(=C/CC)N(C3CCC(C)CC3)C3CCN(C(=O)OC(C)(C)C)CC3)s2)CC1)OC. The summed E-state index contributed by atoms with van der Waals surface area (Å²) in [7, 11) is 1.66. The predicted octanol–water partition coefficient (Wildman–Crippen LogP) is 7.27. The molecule has 1 saturated carbocycles. The van der Waals surface area contributed by atoms with Crippen LogP contribution < -0.4 is 5.32 Å². The molecule has 0 spiro atoms. The number of carbonyl (C=O) groups is 1. The molecule has 3 aliphatic rings. The van der Waals surface area contributed by atoms with Crippen LogP contribution in [0.2, 0.25) is 0 Å². The summed E-state index contributed by atoms with van der Waals surface area (Å²) >= 11 is 1.76. The number of hydrogen-bond donors (Lipinski definition) is 1. The molecule has 0 bridgehead atoms. The van der Waals surface area contributed by atoms with Crippen molar-refractivity contribution in [3.8, 4) is 0 Å². The number of rotatable bonds is 12. The summed E-state index contributed by atoms with van der Waals surface area (Å²) in [6.45, 7) is 24.9. The number of thiazole rings is 1. The molecule has 10 heteroatoms. The Morgan fingerprint density at radius 3 is 2.29 bits per heavy atom. The number of ether oxygens (including phenoxy) is 2. The van der Waals surface area contributed by atoms with Crippen LogP contribution in [0.3, 0.4) is 0 Å². The zero-order valence-electron chi connectivity index (χ0n) is 28.8. The normalized spacial score (nSPS) is 22.2. The number of nitrogens with zero attached hydrogens (tertiary/aromatic N) is 5. The third-order valence-electron chi connectivity index (χ3n) is 9.24. The summed E-state index contributed by atoms with van der Waals surface area (Å²) < 4.78 is 10.9. The first-order valence-electron chi connectivity index (χ1n) is 17.0. The molecule has 45 heavy (non-hydrogen) atoms. The standard InChI is InChI=1S/C35H58N6O3S/c1-9-10-32(37-33-36-24-31(45-33)25-38-19-21-39(22-20-38)27(3)23-28(4)43-8)41(29-13-11-26(2)12-14-29)30-15-17-40(18-16-30)34(42)44-35(5,6)7/h10,24,26,29-30H,3-4,9,11-23,25H2,1-2,5-8H3,(H,36,37)/b32-10-. The first-order valence-corrected chi connectivity index (χ1v) is 17.8. The zero-order chi connectivity index (χ0) is 32.6. The molecule has 2 aliphatic heterocycles. The van der Waals surface area contributed by atoms with Gasteiger partial charge in [-0.1, -0.05) is 27.0 Å². The van der Waals surface area contributed by atoms with Gasteiger partial charge in [-0.3, -0.25) is 4.90 Å². The molecule has 1 aromatic rings. The lowest BCUT2D eigenvalue weighted by molar-refractivity contribution is 0.0125. The smallest absolute Gasteiger partial charge is 0.410 e. The summed E-state index contributed by atoms with van der Waals surface area (Å²) in [5.74, 6) is 2.72. The van der Waals surface area contributed by atoms with Crippen LogP contribution in [0.4, 0.5) is 9.93 Å². The molecular weight excluding hydrogens is 584 g/mol. The molecule has 1 aliphatic carbocycles. The number of likely N-dealkylation sites (tertiary alicyclic amines) is 1. The maximum Gasteiger partial charge on any atom is 0.410 e. The van der Waals surface area contributed by atoms with Crippen molar-refractivity contribution in [2.75, 3.05) is 51.7 Å². The summed E-state index contributed by atoms with van der Waals surface area (Å²) in [5, 5.41) is 4.74. The Morgan fingerprint density at radius 1 is 1.04 bits per heavy atom. The highest BCUT2D eigenvalue weighted by molar-refractivity contribution is 7.15. The second kappa shape index (κ2) is 16.2. The Bertz CT molecular complexity index is 1150. The molecule has 4 rings (SSSR count). The fourth-order valence-corrected chi connectivity index (χ4v) is 7.54. The van der Waals surface area contributed by atoms with Crippen molar-refractivity contribution in [3.05, 3.63) is 47.6 Å². The van der Waals surface area contributed by atoms with Crippen molar-refractivity contribution in [3.63, 3.8) is 0 Å². The lowest BCUT2D eigenvalue weighted by atomic mass is 9.85. The maximum atomic E-state index is 12.8. The fourth-order valence-electron chi connectivity index (χ4n) is 6.68. The lowest BCUT2D eigenvalue weighted by Gasteiger charge is -2.46. The van der Waals surface area contributed by atoms with Gasteiger partial charge in [0.1, 0.15) is 11.4 Å². The Kier molecular flexibility index (Phi) is 12.7. The molecule has 9 nitrogen and oxygen atoms in total. The number of methoxy groups -OCH3 is 1. The van der Waals surface area contributed by atoms with E-state index in [-0.39, 0.29) is 6.09 Å². The molecule has 3 fully saturated rings. The highest BCUT2D eigenvalue weighted by atomic mass is 32.1. The van der Waals surface area contributed by atoms with E-state index in [2.05, 4.69) is 53.1 Å². The van der Waals surface area contributed by atoms with E-state index in [0.29, 0.717) is 18.5 Å². The minimum absolute atomic E-state index is 0.194. The molecule has 0 unspecified atom stereocenters. The third kappa shape index (κ3) is 10.4. The van der Waals surface area contributed by atoms with Crippen LogP contribution in [0.25, 0.3) is 0 Å². The van der Waals surface area contributed by atoms with Crippen molar-refractivity contribution in [2.24, 2.45) is 5.92 Å². The van der Waals surface area contributed by atoms with E-state index in [9.17, 15) is 4.79 Å². The number of nitrogens with one attached hydrogen (secondary N) is 1. The van der Waals surface area contributed by atoms with Gasteiger partial charge in [-0.25, -0.2) is 9.78 Å². The van der Waals surface area contributed by atoms with Crippen LogP contribution in [0.15, 0.2) is 42.7 Å². The number of allylic oxidation sites excluding steroid dienone is 1. The van der Waals surface area contributed by atoms with Gasteiger partial charge < -0.3 is 29.5 Å². The second-order valence-corrected chi connectivity index (χ2v) is 15.1. The van der Waals surface area contributed by atoms with Crippen molar-refractivity contribution in [1.82, 2.24) is 24.6 Å². The summed E-state index contributed by atoms with van der Waals surface area (Å²) in [5.41, 5.74) is 0.601. The van der Waals surface area contributed by atoms with Gasteiger partial charge in [0.05, 0.1) is 12.9 Å². The van der Waals surface area contributed by atoms with Crippen LogP contribution in [0, 0.1) is 5.92 Å². The van der Waals surface area contributed by atoms with Crippen LogP contribution in [-0.2, 0) is 16.0 Å². The summed E-state index contributed by atoms with van der Waals surface area (Å²) in [6.07, 6.45) is 12.6.